The highest BCUT2D eigenvalue weighted by Gasteiger charge is 2.14. The SMILES string of the molecule is COc1cc(NC2CCNCC2)nc(SC)n1. The van der Waals surface area contributed by atoms with Gasteiger partial charge in [-0.05, 0) is 32.2 Å². The molecule has 0 bridgehead atoms. The van der Waals surface area contributed by atoms with Gasteiger partial charge in [0, 0.05) is 12.1 Å². The van der Waals surface area contributed by atoms with Crippen LogP contribution in [0.25, 0.3) is 0 Å². The van der Waals surface area contributed by atoms with E-state index in [0.717, 1.165) is 36.9 Å². The molecule has 0 aromatic carbocycles. The molecule has 17 heavy (non-hydrogen) atoms. The molecule has 2 rings (SSSR count). The molecule has 1 aliphatic heterocycles. The van der Waals surface area contributed by atoms with Gasteiger partial charge in [0.1, 0.15) is 5.82 Å². The highest BCUT2D eigenvalue weighted by atomic mass is 32.2. The molecule has 0 amide bonds. The largest absolute Gasteiger partial charge is 0.481 e. The fraction of sp³-hybridized carbons (Fsp3) is 0.636. The highest BCUT2D eigenvalue weighted by molar-refractivity contribution is 7.98. The summed E-state index contributed by atoms with van der Waals surface area (Å²) in [7, 11) is 1.63. The number of nitrogens with one attached hydrogen (secondary N) is 2. The number of methoxy groups -OCH3 is 1. The molecule has 1 aliphatic rings. The molecule has 2 N–H and O–H groups in total. The molecule has 5 nitrogen and oxygen atoms in total. The molecule has 1 fully saturated rings. The molecule has 6 heteroatoms. The van der Waals surface area contributed by atoms with Gasteiger partial charge in [0.05, 0.1) is 7.11 Å². The molecule has 0 aliphatic carbocycles. The van der Waals surface area contributed by atoms with Crippen molar-refractivity contribution in [1.29, 1.82) is 0 Å². The summed E-state index contributed by atoms with van der Waals surface area (Å²) >= 11 is 1.52. The minimum Gasteiger partial charge on any atom is -0.481 e. The van der Waals surface area contributed by atoms with Crippen LogP contribution in [0.5, 0.6) is 5.88 Å². The van der Waals surface area contributed by atoms with E-state index in [9.17, 15) is 0 Å². The summed E-state index contributed by atoms with van der Waals surface area (Å²) in [5.41, 5.74) is 0. The van der Waals surface area contributed by atoms with Gasteiger partial charge in [-0.15, -0.1) is 0 Å². The molecule has 0 radical (unpaired) electrons. The van der Waals surface area contributed by atoms with Crippen molar-refractivity contribution in [2.45, 2.75) is 24.0 Å². The highest BCUT2D eigenvalue weighted by Crippen LogP contribution is 2.20. The predicted molar refractivity (Wildman–Crippen MR) is 69.9 cm³/mol. The summed E-state index contributed by atoms with van der Waals surface area (Å²) in [5.74, 6) is 1.47. The average molecular weight is 254 g/mol. The van der Waals surface area contributed by atoms with Gasteiger partial charge in [-0.25, -0.2) is 4.98 Å². The number of thioether (sulfide) groups is 1. The van der Waals surface area contributed by atoms with Crippen molar-refractivity contribution in [2.75, 3.05) is 31.8 Å². The fourth-order valence-electron chi connectivity index (χ4n) is 1.85. The van der Waals surface area contributed by atoms with Gasteiger partial charge in [-0.3, -0.25) is 0 Å². The Labute approximate surface area is 106 Å². The van der Waals surface area contributed by atoms with Crippen LogP contribution in [0.15, 0.2) is 11.2 Å². The Morgan fingerprint density at radius 1 is 1.41 bits per heavy atom. The van der Waals surface area contributed by atoms with Crippen molar-refractivity contribution in [3.05, 3.63) is 6.07 Å². The maximum Gasteiger partial charge on any atom is 0.219 e. The first kappa shape index (κ1) is 12.4. The lowest BCUT2D eigenvalue weighted by molar-refractivity contribution is 0.392. The molecule has 1 aromatic rings. The van der Waals surface area contributed by atoms with Crippen molar-refractivity contribution in [3.8, 4) is 5.88 Å². The Bertz CT molecular complexity index is 346. The van der Waals surface area contributed by atoms with Crippen LogP contribution in [0.1, 0.15) is 12.8 Å². The fourth-order valence-corrected chi connectivity index (χ4v) is 2.22. The second-order valence-corrected chi connectivity index (χ2v) is 4.72. The first-order chi connectivity index (χ1) is 8.31. The molecule has 94 valence electrons. The Balaban J connectivity index is 2.07. The molecule has 1 saturated heterocycles. The number of hydrogen-bond donors (Lipinski definition) is 2. The number of piperidine rings is 1. The Morgan fingerprint density at radius 3 is 2.82 bits per heavy atom. The van der Waals surface area contributed by atoms with Crippen molar-refractivity contribution in [3.63, 3.8) is 0 Å². The zero-order valence-electron chi connectivity index (χ0n) is 10.2. The van der Waals surface area contributed by atoms with Crippen LogP contribution >= 0.6 is 11.8 Å². The number of anilines is 1. The van der Waals surface area contributed by atoms with Gasteiger partial charge in [-0.1, -0.05) is 11.8 Å². The number of rotatable bonds is 4. The Kier molecular flexibility index (Phi) is 4.44. The van der Waals surface area contributed by atoms with Crippen molar-refractivity contribution < 1.29 is 4.74 Å². The van der Waals surface area contributed by atoms with Crippen LogP contribution in [0.2, 0.25) is 0 Å². The normalized spacial score (nSPS) is 16.8. The number of hydrogen-bond acceptors (Lipinski definition) is 6. The second kappa shape index (κ2) is 6.07. The van der Waals surface area contributed by atoms with E-state index in [4.69, 9.17) is 4.74 Å². The maximum absolute atomic E-state index is 5.17. The third-order valence-corrected chi connectivity index (χ3v) is 3.31. The van der Waals surface area contributed by atoms with Crippen molar-refractivity contribution >= 4 is 17.6 Å². The van der Waals surface area contributed by atoms with Crippen LogP contribution in [0.3, 0.4) is 0 Å². The predicted octanol–water partition coefficient (Wildman–Crippen LogP) is 1.37. The third kappa shape index (κ3) is 3.47. The molecular formula is C11H18N4OS. The summed E-state index contributed by atoms with van der Waals surface area (Å²) in [6, 6.07) is 2.34. The van der Waals surface area contributed by atoms with Gasteiger partial charge < -0.3 is 15.4 Å². The van der Waals surface area contributed by atoms with Crippen LogP contribution in [-0.2, 0) is 0 Å². The van der Waals surface area contributed by atoms with Crippen molar-refractivity contribution in [1.82, 2.24) is 15.3 Å². The van der Waals surface area contributed by atoms with E-state index in [0.29, 0.717) is 11.9 Å². The summed E-state index contributed by atoms with van der Waals surface area (Å²) < 4.78 is 5.17. The Hall–Kier alpha value is -1.01. The topological polar surface area (TPSA) is 59.1 Å². The zero-order chi connectivity index (χ0) is 12.1. The third-order valence-electron chi connectivity index (χ3n) is 2.76. The van der Waals surface area contributed by atoms with E-state index >= 15 is 0 Å². The van der Waals surface area contributed by atoms with E-state index < -0.39 is 0 Å². The smallest absolute Gasteiger partial charge is 0.219 e. The lowest BCUT2D eigenvalue weighted by Crippen LogP contribution is -2.35. The summed E-state index contributed by atoms with van der Waals surface area (Å²) in [6.45, 7) is 2.13. The summed E-state index contributed by atoms with van der Waals surface area (Å²) in [6.07, 6.45) is 4.21. The van der Waals surface area contributed by atoms with Crippen LogP contribution in [0, 0.1) is 0 Å². The molecule has 0 atom stereocenters. The molecule has 1 aromatic heterocycles. The van der Waals surface area contributed by atoms with E-state index in [1.807, 2.05) is 12.3 Å². The molecule has 0 unspecified atom stereocenters. The number of nitrogens with zero attached hydrogens (tertiary/aromatic N) is 2. The molecule has 0 spiro atoms. The maximum atomic E-state index is 5.17. The Morgan fingerprint density at radius 2 is 2.18 bits per heavy atom. The second-order valence-electron chi connectivity index (χ2n) is 3.95. The van der Waals surface area contributed by atoms with E-state index in [-0.39, 0.29) is 0 Å². The van der Waals surface area contributed by atoms with Gasteiger partial charge >= 0.3 is 0 Å². The standard InChI is InChI=1S/C11H18N4OS/c1-16-10-7-9(14-11(15-10)17-2)13-8-3-5-12-6-4-8/h7-8,12H,3-6H2,1-2H3,(H,13,14,15). The van der Waals surface area contributed by atoms with E-state index in [2.05, 4.69) is 20.6 Å². The van der Waals surface area contributed by atoms with Gasteiger partial charge in [0.15, 0.2) is 5.16 Å². The average Bonchev–Trinajstić information content (AvgIpc) is 2.39. The minimum absolute atomic E-state index is 0.491. The monoisotopic (exact) mass is 254 g/mol. The van der Waals surface area contributed by atoms with Gasteiger partial charge in [0.25, 0.3) is 0 Å². The molecular weight excluding hydrogens is 236 g/mol. The van der Waals surface area contributed by atoms with Gasteiger partial charge in [0.2, 0.25) is 5.88 Å². The zero-order valence-corrected chi connectivity index (χ0v) is 11.0. The van der Waals surface area contributed by atoms with E-state index in [1.165, 1.54) is 11.8 Å². The molecule has 0 saturated carbocycles. The minimum atomic E-state index is 0.491. The molecule has 2 heterocycles. The first-order valence-corrected chi connectivity index (χ1v) is 6.98. The lowest BCUT2D eigenvalue weighted by atomic mass is 10.1. The van der Waals surface area contributed by atoms with Crippen LogP contribution < -0.4 is 15.4 Å². The summed E-state index contributed by atoms with van der Waals surface area (Å²) in [4.78, 5) is 8.68. The lowest BCUT2D eigenvalue weighted by Gasteiger charge is -2.24. The van der Waals surface area contributed by atoms with Crippen molar-refractivity contribution in [2.24, 2.45) is 0 Å². The quantitative estimate of drug-likeness (QED) is 0.625. The van der Waals surface area contributed by atoms with Crippen LogP contribution in [0.4, 0.5) is 5.82 Å². The van der Waals surface area contributed by atoms with E-state index in [1.54, 1.807) is 7.11 Å². The first-order valence-electron chi connectivity index (χ1n) is 5.76. The number of aromatic nitrogens is 2. The van der Waals surface area contributed by atoms with Gasteiger partial charge in [-0.2, -0.15) is 4.98 Å². The summed E-state index contributed by atoms with van der Waals surface area (Å²) in [5, 5.41) is 7.53. The van der Waals surface area contributed by atoms with Crippen LogP contribution in [-0.4, -0.2) is 42.5 Å². The number of ether oxygens (including phenoxy) is 1.